The van der Waals surface area contributed by atoms with Crippen LogP contribution < -0.4 is 0 Å². The Kier molecular flexibility index (Phi) is 8.82. The van der Waals surface area contributed by atoms with Crippen molar-refractivity contribution in [3.63, 3.8) is 0 Å². The monoisotopic (exact) mass is 555 g/mol. The Morgan fingerprint density at radius 1 is 1.06 bits per heavy atom. The molecule has 0 amide bonds. The predicted octanol–water partition coefficient (Wildman–Crippen LogP) is 5.20. The molecule has 0 bridgehead atoms. The summed E-state index contributed by atoms with van der Waals surface area (Å²) in [4.78, 5) is 4.29. The van der Waals surface area contributed by atoms with Crippen molar-refractivity contribution < 1.29 is 16.8 Å². The summed E-state index contributed by atoms with van der Waals surface area (Å²) in [7, 11) is -7.74. The molecular formula is C24H27Cl2N3O4S2. The van der Waals surface area contributed by atoms with E-state index in [1.807, 2.05) is 13.8 Å². The highest BCUT2D eigenvalue weighted by Crippen LogP contribution is 2.24. The van der Waals surface area contributed by atoms with Crippen molar-refractivity contribution in [2.75, 3.05) is 6.54 Å². The molecule has 2 aromatic carbocycles. The van der Waals surface area contributed by atoms with Crippen molar-refractivity contribution >= 4 is 43.1 Å². The Morgan fingerprint density at radius 3 is 2.34 bits per heavy atom. The van der Waals surface area contributed by atoms with Crippen LogP contribution in [0.15, 0.2) is 77.4 Å². The van der Waals surface area contributed by atoms with E-state index in [1.165, 1.54) is 40.8 Å². The molecule has 35 heavy (non-hydrogen) atoms. The van der Waals surface area contributed by atoms with Gasteiger partial charge in [0.15, 0.2) is 0 Å². The van der Waals surface area contributed by atoms with Crippen molar-refractivity contribution in [2.24, 2.45) is 5.92 Å². The van der Waals surface area contributed by atoms with E-state index < -0.39 is 19.9 Å². The first-order valence-electron chi connectivity index (χ1n) is 10.8. The number of aromatic nitrogens is 2. The van der Waals surface area contributed by atoms with Crippen LogP contribution in [0.25, 0.3) is 0 Å². The molecule has 7 nitrogen and oxygen atoms in total. The molecule has 0 atom stereocenters. The number of nitrogens with zero attached hydrogens (tertiary/aromatic N) is 3. The third kappa shape index (κ3) is 6.74. The molecule has 0 radical (unpaired) electrons. The number of rotatable bonds is 11. The highest BCUT2D eigenvalue weighted by atomic mass is 35.5. The van der Waals surface area contributed by atoms with E-state index in [4.69, 9.17) is 23.2 Å². The van der Waals surface area contributed by atoms with Gasteiger partial charge in [-0.25, -0.2) is 21.8 Å². The summed E-state index contributed by atoms with van der Waals surface area (Å²) in [6, 6.07) is 12.5. The Morgan fingerprint density at radius 2 is 1.74 bits per heavy atom. The molecule has 11 heteroatoms. The molecule has 0 aliphatic heterocycles. The average molecular weight is 557 g/mol. The summed E-state index contributed by atoms with van der Waals surface area (Å²) < 4.78 is 56.1. The van der Waals surface area contributed by atoms with Crippen LogP contribution in [0.5, 0.6) is 0 Å². The maximum atomic E-state index is 13.3. The Bertz CT molecular complexity index is 1400. The number of sulfone groups is 1. The van der Waals surface area contributed by atoms with Crippen molar-refractivity contribution in [1.82, 2.24) is 13.9 Å². The van der Waals surface area contributed by atoms with Gasteiger partial charge in [-0.3, -0.25) is 0 Å². The second-order valence-electron chi connectivity index (χ2n) is 8.47. The standard InChI is InChI=1S/C24H27Cl2N3O4S2/c1-4-12-28(35(32,33)23-10-8-20(25)9-11-23)16-22-14-27-24(29(22)15-18(2)3)34(30,31)17-19-6-5-7-21(26)13-19/h4-11,13-14,18H,1,12,15-17H2,2-3H3. The second-order valence-corrected chi connectivity index (χ2v) is 13.2. The Balaban J connectivity index is 2.00. The summed E-state index contributed by atoms with van der Waals surface area (Å²) in [5, 5.41) is 0.754. The largest absolute Gasteiger partial charge is 0.317 e. The molecule has 0 unspecified atom stereocenters. The van der Waals surface area contributed by atoms with Gasteiger partial charge >= 0.3 is 0 Å². The lowest BCUT2D eigenvalue weighted by Crippen LogP contribution is -2.32. The first-order valence-corrected chi connectivity index (χ1v) is 14.7. The quantitative estimate of drug-likeness (QED) is 0.303. The minimum atomic E-state index is -3.90. The van der Waals surface area contributed by atoms with Crippen LogP contribution in [0.2, 0.25) is 10.0 Å². The number of benzene rings is 2. The second kappa shape index (κ2) is 11.3. The highest BCUT2D eigenvalue weighted by Gasteiger charge is 2.29. The Hall–Kier alpha value is -2.17. The third-order valence-electron chi connectivity index (χ3n) is 5.10. The van der Waals surface area contributed by atoms with Crippen molar-refractivity contribution in [2.45, 2.75) is 42.7 Å². The van der Waals surface area contributed by atoms with Gasteiger partial charge in [0, 0.05) is 23.1 Å². The van der Waals surface area contributed by atoms with Crippen LogP contribution in [0.1, 0.15) is 25.1 Å². The SMILES string of the molecule is C=CCN(Cc1cnc(S(=O)(=O)Cc2cccc(Cl)c2)n1CC(C)C)S(=O)(=O)c1ccc(Cl)cc1. The summed E-state index contributed by atoms with van der Waals surface area (Å²) in [6.07, 6.45) is 2.90. The molecule has 0 aliphatic rings. The van der Waals surface area contributed by atoms with E-state index in [9.17, 15) is 16.8 Å². The normalized spacial score (nSPS) is 12.4. The molecule has 0 saturated carbocycles. The number of hydrogen-bond donors (Lipinski definition) is 0. The number of hydrogen-bond acceptors (Lipinski definition) is 5. The molecule has 1 aromatic heterocycles. The van der Waals surface area contributed by atoms with E-state index in [2.05, 4.69) is 11.6 Å². The van der Waals surface area contributed by atoms with Gasteiger partial charge in [-0.05, 0) is 47.9 Å². The fourth-order valence-electron chi connectivity index (χ4n) is 3.57. The van der Waals surface area contributed by atoms with E-state index in [1.54, 1.807) is 28.8 Å². The molecular weight excluding hydrogens is 529 g/mol. The average Bonchev–Trinajstić information content (AvgIpc) is 3.16. The van der Waals surface area contributed by atoms with E-state index in [-0.39, 0.29) is 34.8 Å². The Labute approximate surface area is 217 Å². The van der Waals surface area contributed by atoms with Crippen LogP contribution in [0.3, 0.4) is 0 Å². The molecule has 0 aliphatic carbocycles. The summed E-state index contributed by atoms with van der Waals surface area (Å²) in [5.41, 5.74) is 1.000. The number of imidazole rings is 1. The molecule has 0 fully saturated rings. The minimum Gasteiger partial charge on any atom is -0.317 e. The van der Waals surface area contributed by atoms with Gasteiger partial charge < -0.3 is 4.57 Å². The number of halogens is 2. The predicted molar refractivity (Wildman–Crippen MR) is 139 cm³/mol. The zero-order valence-corrected chi connectivity index (χ0v) is 22.6. The summed E-state index contributed by atoms with van der Waals surface area (Å²) >= 11 is 11.9. The van der Waals surface area contributed by atoms with Gasteiger partial charge in [0.2, 0.25) is 25.0 Å². The molecule has 188 valence electrons. The van der Waals surface area contributed by atoms with Crippen molar-refractivity contribution in [3.05, 3.63) is 88.7 Å². The first kappa shape index (κ1) is 27.4. The minimum absolute atomic E-state index is 0.0302. The van der Waals surface area contributed by atoms with Gasteiger partial charge in [0.05, 0.1) is 29.1 Å². The molecule has 3 aromatic rings. The van der Waals surface area contributed by atoms with Crippen molar-refractivity contribution in [1.29, 1.82) is 0 Å². The topological polar surface area (TPSA) is 89.3 Å². The van der Waals surface area contributed by atoms with Crippen LogP contribution in [0, 0.1) is 5.92 Å². The van der Waals surface area contributed by atoms with Gasteiger partial charge in [-0.2, -0.15) is 4.31 Å². The summed E-state index contributed by atoms with van der Waals surface area (Å²) in [5.74, 6) is -0.189. The highest BCUT2D eigenvalue weighted by molar-refractivity contribution is 7.90. The van der Waals surface area contributed by atoms with Crippen LogP contribution in [0.4, 0.5) is 0 Å². The lowest BCUT2D eigenvalue weighted by atomic mass is 10.2. The first-order chi connectivity index (χ1) is 16.4. The van der Waals surface area contributed by atoms with Crippen LogP contribution in [-0.4, -0.2) is 37.2 Å². The van der Waals surface area contributed by atoms with Gasteiger partial charge in [0.1, 0.15) is 0 Å². The molecule has 0 saturated heterocycles. The maximum absolute atomic E-state index is 13.3. The van der Waals surface area contributed by atoms with E-state index in [0.29, 0.717) is 27.8 Å². The summed E-state index contributed by atoms with van der Waals surface area (Å²) in [6.45, 7) is 7.87. The van der Waals surface area contributed by atoms with Gasteiger partial charge in [0.25, 0.3) is 0 Å². The van der Waals surface area contributed by atoms with Gasteiger partial charge in [-0.1, -0.05) is 55.3 Å². The maximum Gasteiger partial charge on any atom is 0.243 e. The molecule has 0 N–H and O–H groups in total. The molecule has 0 spiro atoms. The lowest BCUT2D eigenvalue weighted by Gasteiger charge is -2.22. The van der Waals surface area contributed by atoms with Crippen LogP contribution >= 0.6 is 23.2 Å². The van der Waals surface area contributed by atoms with Crippen molar-refractivity contribution in [3.8, 4) is 0 Å². The van der Waals surface area contributed by atoms with E-state index >= 15 is 0 Å². The third-order valence-corrected chi connectivity index (χ3v) is 9.00. The van der Waals surface area contributed by atoms with Crippen LogP contribution in [-0.2, 0) is 38.7 Å². The molecule has 3 rings (SSSR count). The fraction of sp³-hybridized carbons (Fsp3) is 0.292. The van der Waals surface area contributed by atoms with E-state index in [0.717, 1.165) is 0 Å². The number of sulfonamides is 1. The zero-order valence-electron chi connectivity index (χ0n) is 19.4. The smallest absolute Gasteiger partial charge is 0.243 e. The molecule has 1 heterocycles. The fourth-order valence-corrected chi connectivity index (χ4v) is 6.77. The lowest BCUT2D eigenvalue weighted by molar-refractivity contribution is 0.406. The zero-order chi connectivity index (χ0) is 25.8. The van der Waals surface area contributed by atoms with Gasteiger partial charge in [-0.15, -0.1) is 6.58 Å².